The van der Waals surface area contributed by atoms with Gasteiger partial charge in [0, 0.05) is 41.9 Å². The number of rotatable bonds is 4. The molecule has 1 N–H and O–H groups in total. The van der Waals surface area contributed by atoms with E-state index in [1.807, 2.05) is 29.7 Å². The molecule has 0 aliphatic rings. The van der Waals surface area contributed by atoms with E-state index in [-0.39, 0.29) is 11.7 Å². The van der Waals surface area contributed by atoms with E-state index in [4.69, 9.17) is 0 Å². The van der Waals surface area contributed by atoms with Crippen molar-refractivity contribution in [3.05, 3.63) is 72.6 Å². The monoisotopic (exact) mass is 426 g/mol. The average Bonchev–Trinajstić information content (AvgIpc) is 3.26. The Morgan fingerprint density at radius 1 is 1.03 bits per heavy atom. The zero-order valence-electron chi connectivity index (χ0n) is 17.5. The fourth-order valence-electron chi connectivity index (χ4n) is 3.86. The number of hydrogen-bond acceptors (Lipinski definition) is 5. The fraction of sp³-hybridized carbons (Fsp3) is 0.125. The second-order valence-corrected chi connectivity index (χ2v) is 7.34. The van der Waals surface area contributed by atoms with Crippen molar-refractivity contribution in [1.82, 2.24) is 30.0 Å². The summed E-state index contributed by atoms with van der Waals surface area (Å²) in [6, 6.07) is 12.2. The lowest BCUT2D eigenvalue weighted by atomic mass is 9.97. The van der Waals surface area contributed by atoms with Gasteiger partial charge in [0.15, 0.2) is 5.65 Å². The quantitative estimate of drug-likeness (QED) is 0.465. The molecule has 0 unspecified atom stereocenters. The van der Waals surface area contributed by atoms with Gasteiger partial charge in [-0.3, -0.25) is 9.78 Å². The van der Waals surface area contributed by atoms with Gasteiger partial charge < -0.3 is 9.88 Å². The normalized spacial score (nSPS) is 11.2. The molecule has 0 fully saturated rings. The highest BCUT2D eigenvalue weighted by Crippen LogP contribution is 2.34. The molecule has 0 spiro atoms. The third kappa shape index (κ3) is 3.17. The zero-order valence-corrected chi connectivity index (χ0v) is 17.5. The van der Waals surface area contributed by atoms with Gasteiger partial charge in [0.1, 0.15) is 11.3 Å². The number of aromatic nitrogens is 5. The molecule has 0 bridgehead atoms. The van der Waals surface area contributed by atoms with Gasteiger partial charge in [-0.05, 0) is 30.7 Å². The van der Waals surface area contributed by atoms with E-state index in [9.17, 15) is 9.18 Å². The molecule has 0 saturated heterocycles. The first-order valence-electron chi connectivity index (χ1n) is 10.2. The maximum absolute atomic E-state index is 15.0. The first-order chi connectivity index (χ1) is 15.6. The Balaban J connectivity index is 1.68. The Kier molecular flexibility index (Phi) is 4.82. The molecule has 158 valence electrons. The van der Waals surface area contributed by atoms with Crippen molar-refractivity contribution in [2.24, 2.45) is 0 Å². The number of pyridine rings is 1. The van der Waals surface area contributed by atoms with Crippen LogP contribution in [-0.4, -0.2) is 37.7 Å². The number of halogens is 1. The van der Waals surface area contributed by atoms with E-state index in [1.54, 1.807) is 37.8 Å². The Labute approximate surface area is 183 Å². The second kappa shape index (κ2) is 7.81. The molecular formula is C24H19FN6O. The minimum Gasteiger partial charge on any atom is -0.355 e. The minimum atomic E-state index is -0.365. The number of fused-ring (bicyclic) bond motifs is 2. The van der Waals surface area contributed by atoms with Crippen molar-refractivity contribution < 1.29 is 9.18 Å². The smallest absolute Gasteiger partial charge is 0.252 e. The third-order valence-electron chi connectivity index (χ3n) is 5.51. The Morgan fingerprint density at radius 2 is 1.91 bits per heavy atom. The molecule has 7 nitrogen and oxygen atoms in total. The van der Waals surface area contributed by atoms with Crippen LogP contribution in [0.2, 0.25) is 0 Å². The molecule has 8 heteroatoms. The molecule has 0 radical (unpaired) electrons. The van der Waals surface area contributed by atoms with E-state index < -0.39 is 0 Å². The molecule has 3 aromatic heterocycles. The van der Waals surface area contributed by atoms with Crippen LogP contribution < -0.4 is 5.32 Å². The fourth-order valence-corrected chi connectivity index (χ4v) is 3.86. The van der Waals surface area contributed by atoms with Gasteiger partial charge in [0.25, 0.3) is 5.91 Å². The van der Waals surface area contributed by atoms with Crippen molar-refractivity contribution in [3.63, 3.8) is 0 Å². The summed E-state index contributed by atoms with van der Waals surface area (Å²) in [4.78, 5) is 20.9. The number of para-hydroxylation sites is 1. The van der Waals surface area contributed by atoms with Gasteiger partial charge >= 0.3 is 0 Å². The van der Waals surface area contributed by atoms with Gasteiger partial charge in [0.2, 0.25) is 0 Å². The molecule has 0 atom stereocenters. The zero-order chi connectivity index (χ0) is 22.2. The number of carbonyl (C=O) groups excluding carboxylic acids is 1. The number of carbonyl (C=O) groups is 1. The van der Waals surface area contributed by atoms with E-state index in [1.165, 1.54) is 12.3 Å². The van der Waals surface area contributed by atoms with Gasteiger partial charge in [-0.25, -0.2) is 9.37 Å². The number of benzene rings is 2. The molecule has 0 aliphatic heterocycles. The van der Waals surface area contributed by atoms with Crippen molar-refractivity contribution in [3.8, 4) is 22.3 Å². The van der Waals surface area contributed by atoms with Crippen LogP contribution in [0.1, 0.15) is 17.3 Å². The van der Waals surface area contributed by atoms with Crippen LogP contribution >= 0.6 is 0 Å². The summed E-state index contributed by atoms with van der Waals surface area (Å²) in [6.45, 7) is 2.73. The molecule has 5 aromatic rings. The van der Waals surface area contributed by atoms with E-state index >= 15 is 0 Å². The Bertz CT molecular complexity index is 1490. The lowest BCUT2D eigenvalue weighted by Crippen LogP contribution is -2.17. The van der Waals surface area contributed by atoms with Crippen LogP contribution in [0.5, 0.6) is 0 Å². The number of hydrogen-bond donors (Lipinski definition) is 1. The molecule has 32 heavy (non-hydrogen) atoms. The summed E-state index contributed by atoms with van der Waals surface area (Å²) in [5, 5.41) is 11.7. The maximum atomic E-state index is 15.0. The lowest BCUT2D eigenvalue weighted by Gasteiger charge is -2.11. The van der Waals surface area contributed by atoms with E-state index in [2.05, 4.69) is 25.5 Å². The van der Waals surface area contributed by atoms with Crippen molar-refractivity contribution >= 4 is 28.0 Å². The summed E-state index contributed by atoms with van der Waals surface area (Å²) in [5.41, 5.74) is 5.07. The van der Waals surface area contributed by atoms with Crippen LogP contribution in [0.3, 0.4) is 0 Å². The standard InChI is InChI=1S/C24H19FN6O/c1-3-31-13-28-22-19(12-29-30-23(22)31)14-7-8-20(25)18(10-14)17-6-4-5-15-9-16(24(32)26-2)11-27-21(15)17/h4-13H,3H2,1-2H3,(H,26,32). The highest BCUT2D eigenvalue weighted by Gasteiger charge is 2.16. The summed E-state index contributed by atoms with van der Waals surface area (Å²) in [7, 11) is 1.57. The number of nitrogens with one attached hydrogen (secondary N) is 1. The molecule has 5 rings (SSSR count). The van der Waals surface area contributed by atoms with E-state index in [0.717, 1.165) is 23.1 Å². The number of nitrogens with zero attached hydrogens (tertiary/aromatic N) is 5. The molecule has 0 saturated carbocycles. The van der Waals surface area contributed by atoms with Crippen LogP contribution in [0, 0.1) is 5.82 Å². The van der Waals surface area contributed by atoms with Crippen molar-refractivity contribution in [2.45, 2.75) is 13.5 Å². The van der Waals surface area contributed by atoms with Crippen LogP contribution in [0.4, 0.5) is 4.39 Å². The van der Waals surface area contributed by atoms with Crippen molar-refractivity contribution in [1.29, 1.82) is 0 Å². The SMILES string of the molecule is CCn1cnc2c(-c3ccc(F)c(-c4cccc5cc(C(=O)NC)cnc45)c3)cnnc21. The van der Waals surface area contributed by atoms with Crippen molar-refractivity contribution in [2.75, 3.05) is 7.05 Å². The highest BCUT2D eigenvalue weighted by atomic mass is 19.1. The highest BCUT2D eigenvalue weighted by molar-refractivity contribution is 6.01. The number of aryl methyl sites for hydroxylation is 1. The lowest BCUT2D eigenvalue weighted by molar-refractivity contribution is 0.0963. The summed E-state index contributed by atoms with van der Waals surface area (Å²) < 4.78 is 16.9. The van der Waals surface area contributed by atoms with Gasteiger partial charge in [-0.15, -0.1) is 5.10 Å². The molecule has 1 amide bonds. The van der Waals surface area contributed by atoms with Crippen LogP contribution in [-0.2, 0) is 6.54 Å². The molecule has 3 heterocycles. The predicted molar refractivity (Wildman–Crippen MR) is 121 cm³/mol. The van der Waals surface area contributed by atoms with Gasteiger partial charge in [-0.2, -0.15) is 5.10 Å². The first kappa shape index (κ1) is 19.7. The number of imidazole rings is 1. The Morgan fingerprint density at radius 3 is 2.72 bits per heavy atom. The Hall–Kier alpha value is -4.20. The summed E-state index contributed by atoms with van der Waals surface area (Å²) >= 11 is 0. The minimum absolute atomic E-state index is 0.223. The predicted octanol–water partition coefficient (Wildman–Crippen LogP) is 4.23. The maximum Gasteiger partial charge on any atom is 0.252 e. The second-order valence-electron chi connectivity index (χ2n) is 7.34. The molecule has 2 aromatic carbocycles. The van der Waals surface area contributed by atoms with E-state index in [0.29, 0.717) is 33.4 Å². The molecular weight excluding hydrogens is 407 g/mol. The topological polar surface area (TPSA) is 85.6 Å². The van der Waals surface area contributed by atoms with Crippen LogP contribution in [0.25, 0.3) is 44.3 Å². The largest absolute Gasteiger partial charge is 0.355 e. The summed E-state index contributed by atoms with van der Waals surface area (Å²) in [6.07, 6.45) is 4.87. The summed E-state index contributed by atoms with van der Waals surface area (Å²) in [5.74, 6) is -0.588. The number of amides is 1. The first-order valence-corrected chi connectivity index (χ1v) is 10.2. The third-order valence-corrected chi connectivity index (χ3v) is 5.51. The van der Waals surface area contributed by atoms with Gasteiger partial charge in [-0.1, -0.05) is 24.3 Å². The molecule has 0 aliphatic carbocycles. The van der Waals surface area contributed by atoms with Gasteiger partial charge in [0.05, 0.1) is 23.6 Å². The average molecular weight is 426 g/mol. The van der Waals surface area contributed by atoms with Crippen LogP contribution in [0.15, 0.2) is 61.2 Å².